The van der Waals surface area contributed by atoms with Crippen LogP contribution in [0.25, 0.3) is 0 Å². The smallest absolute Gasteiger partial charge is 0.137 e. The minimum atomic E-state index is -0.102. The fourth-order valence-corrected chi connectivity index (χ4v) is 2.41. The number of aliphatic hydroxyl groups excluding tert-OH is 1. The van der Waals surface area contributed by atoms with Gasteiger partial charge in [-0.05, 0) is 25.2 Å². The molecule has 0 saturated heterocycles. The van der Waals surface area contributed by atoms with E-state index in [1.54, 1.807) is 0 Å². The Morgan fingerprint density at radius 2 is 2.18 bits per heavy atom. The summed E-state index contributed by atoms with van der Waals surface area (Å²) in [6, 6.07) is 0. The fourth-order valence-electron chi connectivity index (χ4n) is 2.41. The Kier molecular flexibility index (Phi) is 3.47. The van der Waals surface area contributed by atoms with Gasteiger partial charge in [0.2, 0.25) is 0 Å². The second-order valence-electron chi connectivity index (χ2n) is 4.79. The van der Waals surface area contributed by atoms with Crippen LogP contribution < -0.4 is 10.6 Å². The molecule has 1 heterocycles. The van der Waals surface area contributed by atoms with Gasteiger partial charge >= 0.3 is 0 Å². The fraction of sp³-hybridized carbons (Fsp3) is 0.667. The molecule has 94 valence electrons. The average molecular weight is 236 g/mol. The molecule has 1 aliphatic carbocycles. The quantitative estimate of drug-likeness (QED) is 0.810. The van der Waals surface area contributed by atoms with Crippen molar-refractivity contribution in [2.24, 2.45) is 5.92 Å². The van der Waals surface area contributed by atoms with Gasteiger partial charge in [0.15, 0.2) is 0 Å². The number of nitrogens with zero attached hydrogens (tertiary/aromatic N) is 3. The summed E-state index contributed by atoms with van der Waals surface area (Å²) in [6.45, 7) is 2.97. The molecule has 1 aromatic heterocycles. The third-order valence-electron chi connectivity index (χ3n) is 3.41. The van der Waals surface area contributed by atoms with Crippen LogP contribution in [0.3, 0.4) is 0 Å². The van der Waals surface area contributed by atoms with Crippen molar-refractivity contribution < 1.29 is 5.11 Å². The molecule has 1 aliphatic rings. The second-order valence-corrected chi connectivity index (χ2v) is 4.79. The Hall–Kier alpha value is -1.36. The Morgan fingerprint density at radius 3 is 2.76 bits per heavy atom. The first-order chi connectivity index (χ1) is 8.11. The summed E-state index contributed by atoms with van der Waals surface area (Å²) in [7, 11) is 2.02. The number of hydrogen-bond donors (Lipinski definition) is 2. The van der Waals surface area contributed by atoms with Crippen molar-refractivity contribution in [3.05, 3.63) is 11.9 Å². The Morgan fingerprint density at radius 1 is 1.47 bits per heavy atom. The summed E-state index contributed by atoms with van der Waals surface area (Å²) in [5, 5.41) is 9.28. The van der Waals surface area contributed by atoms with Gasteiger partial charge in [-0.2, -0.15) is 0 Å². The largest absolute Gasteiger partial charge is 0.393 e. The minimum absolute atomic E-state index is 0.102. The van der Waals surface area contributed by atoms with Crippen LogP contribution in [0, 0.1) is 5.92 Å². The third-order valence-corrected chi connectivity index (χ3v) is 3.41. The summed E-state index contributed by atoms with van der Waals surface area (Å²) in [5.41, 5.74) is 6.86. The molecule has 3 N–H and O–H groups in total. The van der Waals surface area contributed by atoms with E-state index in [1.807, 2.05) is 7.05 Å². The van der Waals surface area contributed by atoms with Crippen molar-refractivity contribution in [3.8, 4) is 0 Å². The SMILES string of the molecule is CCc1c(N)ncnc1N(C)CC1CC(O)C1. The van der Waals surface area contributed by atoms with Crippen LogP contribution in [0.15, 0.2) is 6.33 Å². The number of aromatic nitrogens is 2. The zero-order valence-corrected chi connectivity index (χ0v) is 10.4. The van der Waals surface area contributed by atoms with Crippen LogP contribution in [-0.4, -0.2) is 34.8 Å². The van der Waals surface area contributed by atoms with Crippen LogP contribution in [0.4, 0.5) is 11.6 Å². The van der Waals surface area contributed by atoms with Gasteiger partial charge in [0, 0.05) is 19.2 Å². The molecule has 0 atom stereocenters. The molecule has 0 unspecified atom stereocenters. The third kappa shape index (κ3) is 2.49. The van der Waals surface area contributed by atoms with E-state index < -0.39 is 0 Å². The summed E-state index contributed by atoms with van der Waals surface area (Å²) in [4.78, 5) is 10.4. The van der Waals surface area contributed by atoms with E-state index in [0.717, 1.165) is 37.2 Å². The standard InChI is InChI=1S/C12H20N4O/c1-3-10-11(13)14-7-15-12(10)16(2)6-8-4-9(17)5-8/h7-9,17H,3-6H2,1-2H3,(H2,13,14,15). The van der Waals surface area contributed by atoms with Gasteiger partial charge in [-0.1, -0.05) is 6.92 Å². The maximum atomic E-state index is 9.28. The van der Waals surface area contributed by atoms with Crippen molar-refractivity contribution in [2.45, 2.75) is 32.3 Å². The molecule has 2 rings (SSSR count). The maximum absolute atomic E-state index is 9.28. The van der Waals surface area contributed by atoms with Crippen LogP contribution in [0.2, 0.25) is 0 Å². The van der Waals surface area contributed by atoms with Crippen LogP contribution in [0.5, 0.6) is 0 Å². The van der Waals surface area contributed by atoms with Crippen molar-refractivity contribution in [3.63, 3.8) is 0 Å². The second kappa shape index (κ2) is 4.87. The first-order valence-corrected chi connectivity index (χ1v) is 6.10. The number of rotatable bonds is 4. The van der Waals surface area contributed by atoms with Gasteiger partial charge in [-0.3, -0.25) is 0 Å². The van der Waals surface area contributed by atoms with Gasteiger partial charge in [0.1, 0.15) is 18.0 Å². The van der Waals surface area contributed by atoms with Crippen molar-refractivity contribution in [1.82, 2.24) is 9.97 Å². The molecule has 1 aromatic rings. The van der Waals surface area contributed by atoms with E-state index in [9.17, 15) is 5.11 Å². The molecule has 17 heavy (non-hydrogen) atoms. The lowest BCUT2D eigenvalue weighted by atomic mass is 9.82. The molecular formula is C12H20N4O. The lowest BCUT2D eigenvalue weighted by Gasteiger charge is -2.35. The van der Waals surface area contributed by atoms with E-state index in [2.05, 4.69) is 21.8 Å². The zero-order chi connectivity index (χ0) is 12.4. The number of aliphatic hydroxyl groups is 1. The van der Waals surface area contributed by atoms with E-state index in [-0.39, 0.29) is 6.10 Å². The van der Waals surface area contributed by atoms with Crippen molar-refractivity contribution >= 4 is 11.6 Å². The van der Waals surface area contributed by atoms with E-state index >= 15 is 0 Å². The molecule has 0 radical (unpaired) electrons. The van der Waals surface area contributed by atoms with E-state index in [1.165, 1.54) is 6.33 Å². The van der Waals surface area contributed by atoms with Crippen LogP contribution >= 0.6 is 0 Å². The highest BCUT2D eigenvalue weighted by Crippen LogP contribution is 2.30. The average Bonchev–Trinajstić information content (AvgIpc) is 2.26. The summed E-state index contributed by atoms with van der Waals surface area (Å²) < 4.78 is 0. The van der Waals surface area contributed by atoms with Gasteiger partial charge < -0.3 is 15.7 Å². The predicted octanol–water partition coefficient (Wildman–Crippen LogP) is 0.828. The topological polar surface area (TPSA) is 75.3 Å². The summed E-state index contributed by atoms with van der Waals surface area (Å²) in [6.07, 6.45) is 4.03. The lowest BCUT2D eigenvalue weighted by molar-refractivity contribution is 0.0464. The molecule has 0 bridgehead atoms. The highest BCUT2D eigenvalue weighted by Gasteiger charge is 2.28. The molecule has 5 heteroatoms. The zero-order valence-electron chi connectivity index (χ0n) is 10.4. The van der Waals surface area contributed by atoms with Crippen LogP contribution in [0.1, 0.15) is 25.3 Å². The number of hydrogen-bond acceptors (Lipinski definition) is 5. The number of anilines is 2. The van der Waals surface area contributed by atoms with E-state index in [0.29, 0.717) is 11.7 Å². The Bertz CT molecular complexity index is 390. The van der Waals surface area contributed by atoms with Crippen molar-refractivity contribution in [1.29, 1.82) is 0 Å². The Labute approximate surface area is 102 Å². The molecule has 0 amide bonds. The van der Waals surface area contributed by atoms with Crippen LogP contribution in [-0.2, 0) is 6.42 Å². The number of nitrogens with two attached hydrogens (primary N) is 1. The monoisotopic (exact) mass is 236 g/mol. The maximum Gasteiger partial charge on any atom is 0.137 e. The molecular weight excluding hydrogens is 216 g/mol. The lowest BCUT2D eigenvalue weighted by Crippen LogP contribution is -2.37. The molecule has 1 saturated carbocycles. The molecule has 0 spiro atoms. The first kappa shape index (κ1) is 12.1. The van der Waals surface area contributed by atoms with Crippen molar-refractivity contribution in [2.75, 3.05) is 24.2 Å². The van der Waals surface area contributed by atoms with Gasteiger partial charge in [0.05, 0.1) is 6.10 Å². The Balaban J connectivity index is 2.08. The first-order valence-electron chi connectivity index (χ1n) is 6.10. The molecule has 1 fully saturated rings. The molecule has 0 aromatic carbocycles. The highest BCUT2D eigenvalue weighted by atomic mass is 16.3. The number of nitrogen functional groups attached to an aromatic ring is 1. The van der Waals surface area contributed by atoms with E-state index in [4.69, 9.17) is 5.73 Å². The summed E-state index contributed by atoms with van der Waals surface area (Å²) in [5.74, 6) is 2.05. The molecule has 0 aliphatic heterocycles. The van der Waals surface area contributed by atoms with Gasteiger partial charge in [-0.15, -0.1) is 0 Å². The minimum Gasteiger partial charge on any atom is -0.393 e. The predicted molar refractivity (Wildman–Crippen MR) is 67.8 cm³/mol. The normalized spacial score (nSPS) is 23.2. The van der Waals surface area contributed by atoms with Gasteiger partial charge in [0.25, 0.3) is 0 Å². The van der Waals surface area contributed by atoms with Gasteiger partial charge in [-0.25, -0.2) is 9.97 Å². The summed E-state index contributed by atoms with van der Waals surface area (Å²) >= 11 is 0. The highest BCUT2D eigenvalue weighted by molar-refractivity contribution is 5.56. The molecule has 5 nitrogen and oxygen atoms in total.